The van der Waals surface area contributed by atoms with Crippen LogP contribution < -0.4 is 11.1 Å². The number of amides is 2. The van der Waals surface area contributed by atoms with Gasteiger partial charge in [-0.3, -0.25) is 19.6 Å². The summed E-state index contributed by atoms with van der Waals surface area (Å²) < 4.78 is 122. The van der Waals surface area contributed by atoms with Crippen molar-refractivity contribution in [3.63, 3.8) is 0 Å². The number of carbonyl (C=O) groups excluding carboxylic acids is 2. The summed E-state index contributed by atoms with van der Waals surface area (Å²) >= 11 is 0. The number of nitrogens with two attached hydrogens (primary N) is 1. The van der Waals surface area contributed by atoms with Crippen LogP contribution in [0.25, 0.3) is 11.1 Å². The zero-order valence-corrected chi connectivity index (χ0v) is 21.5. The molecule has 1 aromatic heterocycles. The van der Waals surface area contributed by atoms with Crippen LogP contribution in [0.4, 0.5) is 39.5 Å². The van der Waals surface area contributed by atoms with Crippen molar-refractivity contribution in [2.24, 2.45) is 10.7 Å². The molecule has 0 radical (unpaired) electrons. The highest BCUT2D eigenvalue weighted by atomic mass is 19.4. The minimum atomic E-state index is -5.23. The Labute approximate surface area is 237 Å². The first-order chi connectivity index (χ1) is 20.0. The fraction of sp³-hybridized carbons (Fsp3) is 0.214. The molecule has 1 unspecified atom stereocenters. The number of alkyl halides is 6. The Hall–Kier alpha value is -4.69. The molecule has 1 aliphatic heterocycles. The molecular weight excluding hydrogens is 595 g/mol. The number of aliphatic imine (C=N–C) groups is 1. The van der Waals surface area contributed by atoms with Gasteiger partial charge in [0.25, 0.3) is 5.91 Å². The van der Waals surface area contributed by atoms with Crippen LogP contribution in [0.15, 0.2) is 71.4 Å². The monoisotopic (exact) mass is 614 g/mol. The van der Waals surface area contributed by atoms with E-state index in [1.807, 2.05) is 0 Å². The molecule has 2 heterocycles. The molecule has 226 valence electrons. The second kappa shape index (κ2) is 11.9. The highest BCUT2D eigenvalue weighted by molar-refractivity contribution is 6.02. The third-order valence-electron chi connectivity index (χ3n) is 6.35. The van der Waals surface area contributed by atoms with E-state index >= 15 is 0 Å². The molecular formula is C28H19F9N4O2. The average Bonchev–Trinajstić information content (AvgIpc) is 3.33. The minimum Gasteiger partial charge on any atom is -0.366 e. The number of primary amides is 1. The van der Waals surface area contributed by atoms with E-state index in [1.54, 1.807) is 0 Å². The average molecular weight is 614 g/mol. The molecule has 0 saturated carbocycles. The maximum absolute atomic E-state index is 14.1. The fourth-order valence-corrected chi connectivity index (χ4v) is 4.53. The van der Waals surface area contributed by atoms with E-state index in [0.29, 0.717) is 6.07 Å². The molecule has 0 spiro atoms. The Morgan fingerprint density at radius 3 is 2.21 bits per heavy atom. The first-order valence-corrected chi connectivity index (χ1v) is 12.3. The number of nitrogens with zero attached hydrogens (tertiary/aromatic N) is 2. The van der Waals surface area contributed by atoms with E-state index in [9.17, 15) is 49.1 Å². The van der Waals surface area contributed by atoms with Crippen LogP contribution in [0, 0.1) is 17.5 Å². The van der Waals surface area contributed by atoms with Crippen molar-refractivity contribution in [1.82, 2.24) is 10.3 Å². The van der Waals surface area contributed by atoms with Gasteiger partial charge in [-0.15, -0.1) is 0 Å². The summed E-state index contributed by atoms with van der Waals surface area (Å²) in [6.07, 6.45) is -10.9. The number of carbonyl (C=O) groups is 2. The van der Waals surface area contributed by atoms with E-state index < -0.39 is 83.4 Å². The maximum Gasteiger partial charge on any atom is 0.432 e. The van der Waals surface area contributed by atoms with Gasteiger partial charge < -0.3 is 11.1 Å². The van der Waals surface area contributed by atoms with E-state index in [4.69, 9.17) is 5.73 Å². The Balaban J connectivity index is 1.73. The molecule has 1 aliphatic rings. The summed E-state index contributed by atoms with van der Waals surface area (Å²) in [5, 5.41) is 2.37. The van der Waals surface area contributed by atoms with Crippen LogP contribution >= 0.6 is 0 Å². The molecule has 15 heteroatoms. The second-order valence-electron chi connectivity index (χ2n) is 9.43. The Morgan fingerprint density at radius 2 is 1.60 bits per heavy atom. The number of aromatic nitrogens is 1. The van der Waals surface area contributed by atoms with Crippen molar-refractivity contribution >= 4 is 17.5 Å². The lowest BCUT2D eigenvalue weighted by molar-refractivity contribution is -0.122. The molecule has 0 saturated heterocycles. The van der Waals surface area contributed by atoms with Crippen molar-refractivity contribution in [3.8, 4) is 11.1 Å². The van der Waals surface area contributed by atoms with Crippen LogP contribution in [-0.2, 0) is 11.2 Å². The van der Waals surface area contributed by atoms with Crippen LogP contribution in [0.2, 0.25) is 0 Å². The molecule has 0 bridgehead atoms. The molecule has 2 atom stereocenters. The number of hydrogen-bond acceptors (Lipinski definition) is 4. The number of pyridine rings is 1. The van der Waals surface area contributed by atoms with E-state index in [2.05, 4.69) is 15.3 Å². The number of allylic oxidation sites excluding steroid dienone is 1. The van der Waals surface area contributed by atoms with Gasteiger partial charge >= 0.3 is 12.4 Å². The van der Waals surface area contributed by atoms with Gasteiger partial charge in [0.15, 0.2) is 0 Å². The lowest BCUT2D eigenvalue weighted by atomic mass is 9.94. The van der Waals surface area contributed by atoms with Gasteiger partial charge in [-0.05, 0) is 54.0 Å². The fourth-order valence-electron chi connectivity index (χ4n) is 4.53. The molecule has 0 aliphatic carbocycles. The molecule has 3 aromatic rings. The van der Waals surface area contributed by atoms with Crippen LogP contribution in [0.3, 0.4) is 0 Å². The third kappa shape index (κ3) is 7.40. The quantitative estimate of drug-likeness (QED) is 0.308. The largest absolute Gasteiger partial charge is 0.432 e. The molecule has 43 heavy (non-hydrogen) atoms. The van der Waals surface area contributed by atoms with Crippen LogP contribution in [0.5, 0.6) is 0 Å². The first-order valence-electron chi connectivity index (χ1n) is 12.3. The van der Waals surface area contributed by atoms with E-state index in [1.165, 1.54) is 24.4 Å². The summed E-state index contributed by atoms with van der Waals surface area (Å²) in [4.78, 5) is 32.0. The van der Waals surface area contributed by atoms with E-state index in [0.717, 1.165) is 24.3 Å². The standard InChI is InChI=1S/C28H19F9N4O2/c29-15-6-13(7-16(30)10-15)8-22(25-17(2-1-5-39-25)14-3-4-20(31)18(9-14)26(38)43)41-24(42)12-21-19(27(32,33)34)11-23(40-21)28(35,36)37/h1-7,9-11,21-22H,8,12H2,(H2,38,43)(H,41,42)/t21?,22-/m0/s1. The molecule has 0 fully saturated rings. The summed E-state index contributed by atoms with van der Waals surface area (Å²) in [5.74, 6) is -5.20. The smallest absolute Gasteiger partial charge is 0.366 e. The van der Waals surface area contributed by atoms with Crippen LogP contribution in [-0.4, -0.2) is 40.9 Å². The van der Waals surface area contributed by atoms with E-state index in [-0.39, 0.29) is 28.5 Å². The molecule has 6 nitrogen and oxygen atoms in total. The van der Waals surface area contributed by atoms with Gasteiger partial charge in [0, 0.05) is 17.8 Å². The minimum absolute atomic E-state index is 0.0227. The number of benzene rings is 2. The van der Waals surface area contributed by atoms with Gasteiger partial charge in [-0.1, -0.05) is 12.1 Å². The van der Waals surface area contributed by atoms with Crippen LogP contribution in [0.1, 0.15) is 34.1 Å². The summed E-state index contributed by atoms with van der Waals surface area (Å²) in [5.41, 5.74) is 1.53. The predicted molar refractivity (Wildman–Crippen MR) is 135 cm³/mol. The summed E-state index contributed by atoms with van der Waals surface area (Å²) in [7, 11) is 0. The van der Waals surface area contributed by atoms with Gasteiger partial charge in [0.1, 0.15) is 23.2 Å². The molecule has 3 N–H and O–H groups in total. The maximum atomic E-state index is 14.1. The second-order valence-corrected chi connectivity index (χ2v) is 9.43. The van der Waals surface area contributed by atoms with Crippen molar-refractivity contribution in [3.05, 3.63) is 101 Å². The first kappa shape index (κ1) is 31.3. The lowest BCUT2D eigenvalue weighted by Gasteiger charge is -2.23. The predicted octanol–water partition coefficient (Wildman–Crippen LogP) is 5.93. The number of hydrogen-bond donors (Lipinski definition) is 2. The lowest BCUT2D eigenvalue weighted by Crippen LogP contribution is -2.34. The Morgan fingerprint density at radius 1 is 0.930 bits per heavy atom. The van der Waals surface area contributed by atoms with Crippen molar-refractivity contribution in [2.75, 3.05) is 0 Å². The van der Waals surface area contributed by atoms with Gasteiger partial charge in [-0.25, -0.2) is 13.2 Å². The summed E-state index contributed by atoms with van der Waals surface area (Å²) in [6, 6.07) is 5.01. The molecule has 2 amide bonds. The third-order valence-corrected chi connectivity index (χ3v) is 6.35. The normalized spacial score (nSPS) is 16.0. The van der Waals surface area contributed by atoms with Crippen molar-refractivity contribution in [1.29, 1.82) is 0 Å². The molecule has 2 aromatic carbocycles. The van der Waals surface area contributed by atoms with Gasteiger partial charge in [-0.2, -0.15) is 26.3 Å². The van der Waals surface area contributed by atoms with Gasteiger partial charge in [0.05, 0.1) is 35.3 Å². The number of rotatable bonds is 8. The van der Waals surface area contributed by atoms with Crippen molar-refractivity contribution in [2.45, 2.75) is 37.3 Å². The topological polar surface area (TPSA) is 97.4 Å². The van der Waals surface area contributed by atoms with Gasteiger partial charge in [0.2, 0.25) is 5.91 Å². The van der Waals surface area contributed by atoms with Crippen molar-refractivity contribution < 1.29 is 49.1 Å². The Kier molecular flexibility index (Phi) is 8.64. The highest BCUT2D eigenvalue weighted by Gasteiger charge is 2.47. The Bertz CT molecular complexity index is 1610. The molecule has 4 rings (SSSR count). The zero-order chi connectivity index (χ0) is 31.7. The SMILES string of the molecule is NC(=O)c1cc(-c2cccnc2[C@H](Cc2cc(F)cc(F)c2)NC(=O)CC2N=C(C(F)(F)F)C=C2C(F)(F)F)ccc1F. The highest BCUT2D eigenvalue weighted by Crippen LogP contribution is 2.37. The number of halogens is 9. The number of nitrogens with one attached hydrogen (secondary N) is 1. The summed E-state index contributed by atoms with van der Waals surface area (Å²) in [6.45, 7) is 0. The zero-order valence-electron chi connectivity index (χ0n) is 21.5.